The summed E-state index contributed by atoms with van der Waals surface area (Å²) in [5.41, 5.74) is -0.614. The van der Waals surface area contributed by atoms with E-state index in [2.05, 4.69) is 4.74 Å². The minimum atomic E-state index is -0.978. The lowest BCUT2D eigenvalue weighted by Crippen LogP contribution is -2.06. The second-order valence-electron chi connectivity index (χ2n) is 3.13. The third kappa shape index (κ3) is 2.62. The zero-order valence-electron chi connectivity index (χ0n) is 9.28. The molecule has 1 aromatic rings. The van der Waals surface area contributed by atoms with Crippen molar-refractivity contribution in [3.8, 4) is 6.07 Å². The minimum absolute atomic E-state index is 0.113. The first kappa shape index (κ1) is 13.2. The summed E-state index contributed by atoms with van der Waals surface area (Å²) in [5.74, 6) is -1.56. The van der Waals surface area contributed by atoms with Gasteiger partial charge in [-0.25, -0.2) is 4.79 Å². The van der Waals surface area contributed by atoms with Gasteiger partial charge in [-0.1, -0.05) is 0 Å². The summed E-state index contributed by atoms with van der Waals surface area (Å²) in [6.07, 6.45) is 0. The molecule has 0 atom stereocenters. The number of aliphatic hydroxyl groups excluding tert-OH is 1. The second kappa shape index (κ2) is 5.45. The number of esters is 1. The molecule has 1 N–H and O–H groups in total. The molecule has 0 saturated heterocycles. The molecule has 0 radical (unpaired) electrons. The van der Waals surface area contributed by atoms with Gasteiger partial charge in [0.15, 0.2) is 5.57 Å². The van der Waals surface area contributed by atoms with Gasteiger partial charge in [-0.3, -0.25) is 10.1 Å². The summed E-state index contributed by atoms with van der Waals surface area (Å²) in [6.45, 7) is 0. The quantitative estimate of drug-likeness (QED) is 0.217. The largest absolute Gasteiger partial charge is 0.506 e. The predicted octanol–water partition coefficient (Wildman–Crippen LogP) is 1.56. The van der Waals surface area contributed by atoms with Crippen molar-refractivity contribution in [3.63, 3.8) is 0 Å². The Morgan fingerprint density at radius 2 is 2.00 bits per heavy atom. The maximum absolute atomic E-state index is 11.2. The fraction of sp³-hybridized carbons (Fsp3) is 0.0909. The molecule has 0 bridgehead atoms. The van der Waals surface area contributed by atoms with Crippen LogP contribution in [0.15, 0.2) is 29.8 Å². The van der Waals surface area contributed by atoms with Crippen LogP contribution in [0.3, 0.4) is 0 Å². The molecule has 7 nitrogen and oxygen atoms in total. The zero-order chi connectivity index (χ0) is 13.7. The summed E-state index contributed by atoms with van der Waals surface area (Å²) < 4.78 is 4.32. The van der Waals surface area contributed by atoms with Gasteiger partial charge in [0.25, 0.3) is 5.69 Å². The summed E-state index contributed by atoms with van der Waals surface area (Å²) in [4.78, 5) is 21.0. The van der Waals surface area contributed by atoms with E-state index in [1.54, 1.807) is 0 Å². The zero-order valence-corrected chi connectivity index (χ0v) is 9.28. The van der Waals surface area contributed by atoms with Crippen LogP contribution in [0.4, 0.5) is 5.69 Å². The molecular weight excluding hydrogens is 240 g/mol. The smallest absolute Gasteiger partial charge is 0.352 e. The van der Waals surface area contributed by atoms with E-state index in [9.17, 15) is 20.0 Å². The number of non-ortho nitro benzene ring substituents is 1. The van der Waals surface area contributed by atoms with Crippen LogP contribution >= 0.6 is 0 Å². The fourth-order valence-electron chi connectivity index (χ4n) is 1.18. The minimum Gasteiger partial charge on any atom is -0.506 e. The summed E-state index contributed by atoms with van der Waals surface area (Å²) in [6, 6.07) is 6.27. The Labute approximate surface area is 102 Å². The highest BCUT2D eigenvalue weighted by Crippen LogP contribution is 2.20. The highest BCUT2D eigenvalue weighted by molar-refractivity contribution is 5.99. The first-order valence-electron chi connectivity index (χ1n) is 4.67. The van der Waals surface area contributed by atoms with Gasteiger partial charge in [-0.15, -0.1) is 0 Å². The lowest BCUT2D eigenvalue weighted by atomic mass is 10.1. The van der Waals surface area contributed by atoms with Crippen molar-refractivity contribution in [3.05, 3.63) is 45.5 Å². The predicted molar refractivity (Wildman–Crippen MR) is 60.3 cm³/mol. The molecule has 92 valence electrons. The number of carbonyl (C=O) groups is 1. The van der Waals surface area contributed by atoms with Crippen LogP contribution in [0, 0.1) is 21.4 Å². The maximum atomic E-state index is 11.2. The normalized spacial score (nSPS) is 11.1. The first-order valence-corrected chi connectivity index (χ1v) is 4.67. The summed E-state index contributed by atoms with van der Waals surface area (Å²) in [7, 11) is 1.07. The van der Waals surface area contributed by atoms with Gasteiger partial charge in [0.2, 0.25) is 0 Å². The number of nitro benzene ring substituents is 1. The number of nitriles is 1. The van der Waals surface area contributed by atoms with Crippen LogP contribution in [-0.4, -0.2) is 23.1 Å². The standard InChI is InChI=1S/C11H8N2O5/c1-18-11(15)9(6-12)10(14)7-2-4-8(5-3-7)13(16)17/h2-5,14H,1H3. The first-order chi connectivity index (χ1) is 8.51. The van der Waals surface area contributed by atoms with Crippen LogP contribution < -0.4 is 0 Å². The van der Waals surface area contributed by atoms with Crippen LogP contribution in [-0.2, 0) is 9.53 Å². The van der Waals surface area contributed by atoms with E-state index in [0.29, 0.717) is 0 Å². The lowest BCUT2D eigenvalue weighted by molar-refractivity contribution is -0.384. The molecule has 0 fully saturated rings. The van der Waals surface area contributed by atoms with Crippen molar-refractivity contribution in [1.29, 1.82) is 5.26 Å². The number of hydrogen-bond donors (Lipinski definition) is 1. The number of nitro groups is 1. The average molecular weight is 248 g/mol. The number of carbonyl (C=O) groups excluding carboxylic acids is 1. The molecule has 0 aromatic heterocycles. The molecule has 0 aliphatic carbocycles. The number of benzene rings is 1. The summed E-state index contributed by atoms with van der Waals surface area (Å²) in [5, 5.41) is 28.9. The molecule has 1 rings (SSSR count). The van der Waals surface area contributed by atoms with Gasteiger partial charge in [-0.2, -0.15) is 5.26 Å². The molecule has 0 aliphatic heterocycles. The van der Waals surface area contributed by atoms with Gasteiger partial charge >= 0.3 is 5.97 Å². The van der Waals surface area contributed by atoms with Crippen LogP contribution in [0.5, 0.6) is 0 Å². The Balaban J connectivity index is 3.21. The maximum Gasteiger partial charge on any atom is 0.352 e. The fourth-order valence-corrected chi connectivity index (χ4v) is 1.18. The molecule has 0 spiro atoms. The van der Waals surface area contributed by atoms with E-state index >= 15 is 0 Å². The molecule has 0 unspecified atom stereocenters. The molecule has 0 aliphatic rings. The number of aliphatic hydroxyl groups is 1. The summed E-state index contributed by atoms with van der Waals surface area (Å²) >= 11 is 0. The highest BCUT2D eigenvalue weighted by atomic mass is 16.6. The SMILES string of the molecule is COC(=O)C(C#N)=C(O)c1ccc([N+](=O)[O-])cc1. The number of rotatable bonds is 3. The Morgan fingerprint density at radius 3 is 2.39 bits per heavy atom. The van der Waals surface area contributed by atoms with Gasteiger partial charge in [-0.05, 0) is 12.1 Å². The van der Waals surface area contributed by atoms with Crippen molar-refractivity contribution in [2.75, 3.05) is 7.11 Å². The molecule has 7 heteroatoms. The van der Waals surface area contributed by atoms with Crippen molar-refractivity contribution in [1.82, 2.24) is 0 Å². The van der Waals surface area contributed by atoms with E-state index < -0.39 is 22.2 Å². The molecule has 0 heterocycles. The molecule has 18 heavy (non-hydrogen) atoms. The van der Waals surface area contributed by atoms with Crippen LogP contribution in [0.2, 0.25) is 0 Å². The molecular formula is C11H8N2O5. The lowest BCUT2D eigenvalue weighted by Gasteiger charge is -2.02. The van der Waals surface area contributed by atoms with E-state index in [1.165, 1.54) is 18.2 Å². The van der Waals surface area contributed by atoms with Gasteiger partial charge < -0.3 is 9.84 Å². The average Bonchev–Trinajstić information content (AvgIpc) is 2.39. The van der Waals surface area contributed by atoms with Gasteiger partial charge in [0, 0.05) is 17.7 Å². The van der Waals surface area contributed by atoms with E-state index in [-0.39, 0.29) is 11.3 Å². The van der Waals surface area contributed by atoms with Crippen LogP contribution in [0.1, 0.15) is 5.56 Å². The van der Waals surface area contributed by atoms with E-state index in [1.807, 2.05) is 0 Å². The molecule has 0 amide bonds. The highest BCUT2D eigenvalue weighted by Gasteiger charge is 2.17. The Hall–Kier alpha value is -2.88. The number of hydrogen-bond acceptors (Lipinski definition) is 6. The monoisotopic (exact) mass is 248 g/mol. The molecule has 1 aromatic carbocycles. The molecule has 0 saturated carbocycles. The Morgan fingerprint density at radius 1 is 1.44 bits per heavy atom. The topological polar surface area (TPSA) is 113 Å². The Bertz CT molecular complexity index is 554. The van der Waals surface area contributed by atoms with Crippen molar-refractivity contribution < 1.29 is 19.6 Å². The third-order valence-corrected chi connectivity index (χ3v) is 2.09. The van der Waals surface area contributed by atoms with Crippen LogP contribution in [0.25, 0.3) is 5.76 Å². The Kier molecular flexibility index (Phi) is 3.99. The van der Waals surface area contributed by atoms with Crippen molar-refractivity contribution in [2.24, 2.45) is 0 Å². The number of methoxy groups -OCH3 is 1. The van der Waals surface area contributed by atoms with E-state index in [4.69, 9.17) is 5.26 Å². The van der Waals surface area contributed by atoms with Crippen molar-refractivity contribution in [2.45, 2.75) is 0 Å². The number of nitrogens with zero attached hydrogens (tertiary/aromatic N) is 2. The van der Waals surface area contributed by atoms with Crippen molar-refractivity contribution >= 4 is 17.4 Å². The van der Waals surface area contributed by atoms with Gasteiger partial charge in [0.05, 0.1) is 12.0 Å². The third-order valence-electron chi connectivity index (χ3n) is 2.09. The van der Waals surface area contributed by atoms with Gasteiger partial charge in [0.1, 0.15) is 11.8 Å². The number of ether oxygens (including phenoxy) is 1. The van der Waals surface area contributed by atoms with E-state index in [0.717, 1.165) is 19.2 Å². The second-order valence-corrected chi connectivity index (χ2v) is 3.13.